The summed E-state index contributed by atoms with van der Waals surface area (Å²) in [5, 5.41) is 2.73. The van der Waals surface area contributed by atoms with Gasteiger partial charge in [-0.25, -0.2) is 8.42 Å². The van der Waals surface area contributed by atoms with Crippen LogP contribution in [-0.2, 0) is 21.4 Å². The number of hydrogen-bond acceptors (Lipinski definition) is 4. The zero-order valence-electron chi connectivity index (χ0n) is 14.8. The van der Waals surface area contributed by atoms with Crippen molar-refractivity contribution in [3.05, 3.63) is 66.2 Å². The molecule has 0 atom stereocenters. The number of carbonyl (C=O) groups is 1. The second-order valence-electron chi connectivity index (χ2n) is 5.84. The van der Waals surface area contributed by atoms with E-state index in [-0.39, 0.29) is 38.6 Å². The molecule has 0 fully saturated rings. The average molecular weight is 376 g/mol. The highest BCUT2D eigenvalue weighted by Crippen LogP contribution is 2.09. The van der Waals surface area contributed by atoms with Crippen LogP contribution in [0, 0.1) is 0 Å². The molecule has 140 valence electrons. The summed E-state index contributed by atoms with van der Waals surface area (Å²) in [4.78, 5) is 11.9. The van der Waals surface area contributed by atoms with Crippen LogP contribution in [0.15, 0.2) is 60.7 Å². The Kier molecular flexibility index (Phi) is 7.62. The van der Waals surface area contributed by atoms with Crippen LogP contribution >= 0.6 is 0 Å². The van der Waals surface area contributed by atoms with Crippen molar-refractivity contribution in [2.75, 3.05) is 26.0 Å². The first-order chi connectivity index (χ1) is 12.4. The van der Waals surface area contributed by atoms with Gasteiger partial charge in [-0.05, 0) is 17.7 Å². The molecular weight excluding hydrogens is 352 g/mol. The first-order valence-electron chi connectivity index (χ1n) is 8.39. The maximum atomic E-state index is 11.9. The molecule has 0 bridgehead atoms. The third-order valence-corrected chi connectivity index (χ3v) is 4.94. The van der Waals surface area contributed by atoms with Crippen LogP contribution in [0.1, 0.15) is 12.0 Å². The molecular formula is C19H24N2O4S. The molecule has 0 aromatic heterocycles. The second kappa shape index (κ2) is 9.94. The minimum Gasteiger partial charge on any atom is -0.493 e. The molecule has 2 aromatic rings. The summed E-state index contributed by atoms with van der Waals surface area (Å²) in [7, 11) is -3.36. The monoisotopic (exact) mass is 376 g/mol. The zero-order chi connectivity index (χ0) is 18.8. The predicted octanol–water partition coefficient (Wildman–Crippen LogP) is 2.03. The minimum atomic E-state index is -3.36. The van der Waals surface area contributed by atoms with E-state index in [1.54, 1.807) is 0 Å². The van der Waals surface area contributed by atoms with Gasteiger partial charge < -0.3 is 10.1 Å². The van der Waals surface area contributed by atoms with Gasteiger partial charge in [-0.2, -0.15) is 4.31 Å². The van der Waals surface area contributed by atoms with Crippen LogP contribution in [0.4, 0.5) is 0 Å². The molecule has 6 nitrogen and oxygen atoms in total. The summed E-state index contributed by atoms with van der Waals surface area (Å²) in [5.74, 6) is 0.542. The van der Waals surface area contributed by atoms with Crippen LogP contribution in [0.3, 0.4) is 0 Å². The van der Waals surface area contributed by atoms with Crippen LogP contribution in [0.25, 0.3) is 0 Å². The molecule has 0 radical (unpaired) electrons. The highest BCUT2D eigenvalue weighted by Gasteiger charge is 2.16. The first-order valence-corrected chi connectivity index (χ1v) is 10.2. The fraction of sp³-hybridized carbons (Fsp3) is 0.316. The van der Waals surface area contributed by atoms with Crippen molar-refractivity contribution in [1.29, 1.82) is 0 Å². The Bertz CT molecular complexity index is 780. The number of carbonyl (C=O) groups excluding carboxylic acids is 1. The second-order valence-corrected chi connectivity index (χ2v) is 7.83. The fourth-order valence-electron chi connectivity index (χ4n) is 2.34. The summed E-state index contributed by atoms with van der Waals surface area (Å²) in [6, 6.07) is 18.6. The van der Waals surface area contributed by atoms with Crippen LogP contribution in [0.2, 0.25) is 0 Å². The first kappa shape index (κ1) is 19.9. The molecule has 2 rings (SSSR count). The maximum absolute atomic E-state index is 11.9. The number of rotatable bonds is 10. The quantitative estimate of drug-likeness (QED) is 0.688. The number of amides is 1. The highest BCUT2D eigenvalue weighted by atomic mass is 32.2. The highest BCUT2D eigenvalue weighted by molar-refractivity contribution is 7.88. The summed E-state index contributed by atoms with van der Waals surface area (Å²) in [6.45, 7) is 1.03. The topological polar surface area (TPSA) is 75.7 Å². The summed E-state index contributed by atoms with van der Waals surface area (Å²) in [5.41, 5.74) is 0.903. The number of sulfonamides is 1. The third kappa shape index (κ3) is 7.25. The third-order valence-electron chi connectivity index (χ3n) is 3.70. The van der Waals surface area contributed by atoms with Gasteiger partial charge in [0.2, 0.25) is 15.9 Å². The number of para-hydroxylation sites is 1. The lowest BCUT2D eigenvalue weighted by atomic mass is 10.2. The Labute approximate surface area is 154 Å². The lowest BCUT2D eigenvalue weighted by molar-refractivity contribution is -0.121. The van der Waals surface area contributed by atoms with Crippen molar-refractivity contribution in [1.82, 2.24) is 9.62 Å². The van der Waals surface area contributed by atoms with Gasteiger partial charge in [0.15, 0.2) is 0 Å². The predicted molar refractivity (Wildman–Crippen MR) is 101 cm³/mol. The molecule has 0 aliphatic heterocycles. The molecule has 0 saturated heterocycles. The van der Waals surface area contributed by atoms with E-state index in [1.165, 1.54) is 10.6 Å². The number of ether oxygens (including phenoxy) is 1. The molecule has 1 amide bonds. The van der Waals surface area contributed by atoms with Crippen molar-refractivity contribution >= 4 is 15.9 Å². The van der Waals surface area contributed by atoms with Gasteiger partial charge in [0.05, 0.1) is 19.3 Å². The fourth-order valence-corrected chi connectivity index (χ4v) is 3.14. The van der Waals surface area contributed by atoms with Crippen LogP contribution in [0.5, 0.6) is 5.75 Å². The molecule has 7 heteroatoms. The zero-order valence-corrected chi connectivity index (χ0v) is 15.6. The van der Waals surface area contributed by atoms with Crippen molar-refractivity contribution < 1.29 is 17.9 Å². The van der Waals surface area contributed by atoms with E-state index in [1.807, 2.05) is 60.7 Å². The van der Waals surface area contributed by atoms with E-state index in [4.69, 9.17) is 4.74 Å². The van der Waals surface area contributed by atoms with E-state index in [0.29, 0.717) is 5.75 Å². The normalized spacial score (nSPS) is 11.3. The molecule has 0 aliphatic rings. The molecule has 2 aromatic carbocycles. The molecule has 0 aliphatic carbocycles. The lowest BCUT2D eigenvalue weighted by Gasteiger charge is -2.20. The van der Waals surface area contributed by atoms with Crippen LogP contribution in [-0.4, -0.2) is 44.6 Å². The summed E-state index contributed by atoms with van der Waals surface area (Å²) < 4.78 is 30.7. The van der Waals surface area contributed by atoms with Gasteiger partial charge in [-0.15, -0.1) is 0 Å². The van der Waals surface area contributed by atoms with E-state index in [0.717, 1.165) is 5.56 Å². The van der Waals surface area contributed by atoms with Crippen molar-refractivity contribution in [3.8, 4) is 5.75 Å². The maximum Gasteiger partial charge on any atom is 0.223 e. The Morgan fingerprint density at radius 2 is 1.65 bits per heavy atom. The van der Waals surface area contributed by atoms with Crippen molar-refractivity contribution in [2.45, 2.75) is 13.0 Å². The van der Waals surface area contributed by atoms with E-state index >= 15 is 0 Å². The van der Waals surface area contributed by atoms with E-state index in [9.17, 15) is 13.2 Å². The Morgan fingerprint density at radius 1 is 1.04 bits per heavy atom. The van der Waals surface area contributed by atoms with Gasteiger partial charge in [0.1, 0.15) is 5.75 Å². The molecule has 0 saturated carbocycles. The van der Waals surface area contributed by atoms with Gasteiger partial charge in [0.25, 0.3) is 0 Å². The van der Waals surface area contributed by atoms with Crippen LogP contribution < -0.4 is 10.1 Å². The van der Waals surface area contributed by atoms with Gasteiger partial charge in [0, 0.05) is 19.6 Å². The molecule has 1 N–H and O–H groups in total. The molecule has 26 heavy (non-hydrogen) atoms. The Balaban J connectivity index is 1.73. The van der Waals surface area contributed by atoms with Gasteiger partial charge in [-0.3, -0.25) is 4.79 Å². The smallest absolute Gasteiger partial charge is 0.223 e. The average Bonchev–Trinajstić information content (AvgIpc) is 2.62. The largest absolute Gasteiger partial charge is 0.493 e. The van der Waals surface area contributed by atoms with Gasteiger partial charge in [-0.1, -0.05) is 48.5 Å². The van der Waals surface area contributed by atoms with Crippen molar-refractivity contribution in [3.63, 3.8) is 0 Å². The summed E-state index contributed by atoms with van der Waals surface area (Å²) >= 11 is 0. The summed E-state index contributed by atoms with van der Waals surface area (Å²) in [6.07, 6.45) is 1.39. The number of hydrogen-bond donors (Lipinski definition) is 1. The molecule has 0 unspecified atom stereocenters. The number of nitrogens with zero attached hydrogens (tertiary/aromatic N) is 1. The lowest BCUT2D eigenvalue weighted by Crippen LogP contribution is -2.38. The SMILES string of the molecule is CS(=O)(=O)N(CCNC(=O)CCOc1ccccc1)Cc1ccccc1. The minimum absolute atomic E-state index is 0.172. The van der Waals surface area contributed by atoms with E-state index in [2.05, 4.69) is 5.32 Å². The van der Waals surface area contributed by atoms with Gasteiger partial charge >= 0.3 is 0 Å². The molecule has 0 spiro atoms. The Morgan fingerprint density at radius 3 is 2.27 bits per heavy atom. The number of nitrogens with one attached hydrogen (secondary N) is 1. The Hall–Kier alpha value is -2.38. The standard InChI is InChI=1S/C19H24N2O4S/c1-26(23,24)21(16-17-8-4-2-5-9-17)14-13-20-19(22)12-15-25-18-10-6-3-7-11-18/h2-11H,12-16H2,1H3,(H,20,22). The van der Waals surface area contributed by atoms with Crippen molar-refractivity contribution in [2.24, 2.45) is 0 Å². The number of benzene rings is 2. The van der Waals surface area contributed by atoms with E-state index < -0.39 is 10.0 Å². The molecule has 0 heterocycles.